The van der Waals surface area contributed by atoms with Gasteiger partial charge in [-0.3, -0.25) is 9.89 Å². The molecular weight excluding hydrogens is 442 g/mol. The summed E-state index contributed by atoms with van der Waals surface area (Å²) >= 11 is 9.55. The van der Waals surface area contributed by atoms with E-state index in [1.807, 2.05) is 53.4 Å². The molecule has 1 N–H and O–H groups in total. The van der Waals surface area contributed by atoms with Crippen molar-refractivity contribution in [2.24, 2.45) is 0 Å². The Morgan fingerprint density at radius 1 is 1.18 bits per heavy atom. The van der Waals surface area contributed by atoms with Crippen molar-refractivity contribution in [1.82, 2.24) is 15.1 Å². The van der Waals surface area contributed by atoms with Crippen LogP contribution in [0.25, 0.3) is 11.3 Å². The molecule has 5 nitrogen and oxygen atoms in total. The van der Waals surface area contributed by atoms with Crippen molar-refractivity contribution in [3.63, 3.8) is 0 Å². The van der Waals surface area contributed by atoms with E-state index in [-0.39, 0.29) is 11.9 Å². The normalized spacial score (nSPS) is 15.9. The molecule has 28 heavy (non-hydrogen) atoms. The molecule has 1 aromatic heterocycles. The summed E-state index contributed by atoms with van der Waals surface area (Å²) in [5.41, 5.74) is 4.23. The van der Waals surface area contributed by atoms with Gasteiger partial charge in [-0.1, -0.05) is 51.8 Å². The molecule has 1 amide bonds. The highest BCUT2D eigenvalue weighted by molar-refractivity contribution is 9.10. The van der Waals surface area contributed by atoms with Gasteiger partial charge in [-0.15, -0.1) is 0 Å². The van der Waals surface area contributed by atoms with E-state index in [1.54, 1.807) is 7.11 Å². The molecular formula is C21H19BrClN3O2. The summed E-state index contributed by atoms with van der Waals surface area (Å²) in [5, 5.41) is 8.11. The molecule has 1 unspecified atom stereocenters. The standard InChI is InChI=1S/C21H19BrClN3O2/c1-28-12-2-11-26-20(14-5-9-16(23)10-6-14)17-18(24-25-19(17)21(26)27)13-3-7-15(22)8-4-13/h3-10,20H,2,11-12H2,1H3,(H,24,25). The molecule has 144 valence electrons. The predicted octanol–water partition coefficient (Wildman–Crippen LogP) is 5.07. The Bertz CT molecular complexity index is 986. The van der Waals surface area contributed by atoms with Gasteiger partial charge in [0.25, 0.3) is 5.91 Å². The van der Waals surface area contributed by atoms with E-state index in [9.17, 15) is 4.79 Å². The quantitative estimate of drug-likeness (QED) is 0.522. The maximum absolute atomic E-state index is 13.1. The number of fused-ring (bicyclic) bond motifs is 1. The first-order valence-electron chi connectivity index (χ1n) is 8.99. The van der Waals surface area contributed by atoms with Crippen LogP contribution in [0.3, 0.4) is 0 Å². The Morgan fingerprint density at radius 2 is 1.89 bits per heavy atom. The molecule has 1 aliphatic heterocycles. The highest BCUT2D eigenvalue weighted by Gasteiger charge is 2.41. The average molecular weight is 461 g/mol. The summed E-state index contributed by atoms with van der Waals surface area (Å²) in [6.45, 7) is 1.20. The fraction of sp³-hybridized carbons (Fsp3) is 0.238. The van der Waals surface area contributed by atoms with Gasteiger partial charge in [0, 0.05) is 40.9 Å². The number of ether oxygens (including phenoxy) is 1. The van der Waals surface area contributed by atoms with Gasteiger partial charge < -0.3 is 9.64 Å². The third kappa shape index (κ3) is 3.48. The number of amides is 1. The maximum Gasteiger partial charge on any atom is 0.273 e. The largest absolute Gasteiger partial charge is 0.385 e. The molecule has 1 aliphatic rings. The summed E-state index contributed by atoms with van der Waals surface area (Å²) < 4.78 is 6.17. The maximum atomic E-state index is 13.1. The van der Waals surface area contributed by atoms with Crippen LogP contribution in [-0.4, -0.2) is 41.3 Å². The number of hydrogen-bond acceptors (Lipinski definition) is 3. The van der Waals surface area contributed by atoms with Gasteiger partial charge in [-0.2, -0.15) is 5.10 Å². The van der Waals surface area contributed by atoms with Crippen LogP contribution in [0.4, 0.5) is 0 Å². The molecule has 0 aliphatic carbocycles. The second-order valence-electron chi connectivity index (χ2n) is 6.67. The van der Waals surface area contributed by atoms with Crippen molar-refractivity contribution in [1.29, 1.82) is 0 Å². The molecule has 0 spiro atoms. The highest BCUT2D eigenvalue weighted by atomic mass is 79.9. The van der Waals surface area contributed by atoms with E-state index >= 15 is 0 Å². The third-order valence-corrected chi connectivity index (χ3v) is 5.70. The first kappa shape index (κ1) is 19.2. The van der Waals surface area contributed by atoms with Crippen molar-refractivity contribution < 1.29 is 9.53 Å². The zero-order valence-corrected chi connectivity index (χ0v) is 17.6. The zero-order chi connectivity index (χ0) is 19.7. The van der Waals surface area contributed by atoms with Crippen LogP contribution in [0.1, 0.15) is 34.1 Å². The number of nitrogens with one attached hydrogen (secondary N) is 1. The summed E-state index contributed by atoms with van der Waals surface area (Å²) in [7, 11) is 1.67. The number of carbonyl (C=O) groups is 1. The van der Waals surface area contributed by atoms with Crippen molar-refractivity contribution >= 4 is 33.4 Å². The lowest BCUT2D eigenvalue weighted by molar-refractivity contribution is 0.0723. The number of methoxy groups -OCH3 is 1. The predicted molar refractivity (Wildman–Crippen MR) is 113 cm³/mol. The topological polar surface area (TPSA) is 58.2 Å². The van der Waals surface area contributed by atoms with Crippen LogP contribution < -0.4 is 0 Å². The summed E-state index contributed by atoms with van der Waals surface area (Å²) in [5.74, 6) is -0.0399. The van der Waals surface area contributed by atoms with Crippen LogP contribution >= 0.6 is 27.5 Å². The lowest BCUT2D eigenvalue weighted by atomic mass is 9.96. The number of benzene rings is 2. The third-order valence-electron chi connectivity index (χ3n) is 4.91. The van der Waals surface area contributed by atoms with Gasteiger partial charge in [0.15, 0.2) is 0 Å². The van der Waals surface area contributed by atoms with Crippen LogP contribution in [0.2, 0.25) is 5.02 Å². The fourth-order valence-electron chi connectivity index (χ4n) is 3.63. The number of hydrogen-bond donors (Lipinski definition) is 1. The number of aromatic nitrogens is 2. The molecule has 0 saturated heterocycles. The van der Waals surface area contributed by atoms with E-state index in [4.69, 9.17) is 16.3 Å². The molecule has 7 heteroatoms. The number of H-pyrrole nitrogens is 1. The smallest absolute Gasteiger partial charge is 0.273 e. The van der Waals surface area contributed by atoms with Gasteiger partial charge in [0.05, 0.1) is 11.7 Å². The first-order chi connectivity index (χ1) is 13.6. The minimum absolute atomic E-state index is 0.0399. The second kappa shape index (κ2) is 8.07. The van der Waals surface area contributed by atoms with Crippen LogP contribution in [0, 0.1) is 0 Å². The van der Waals surface area contributed by atoms with Crippen molar-refractivity contribution in [2.75, 3.05) is 20.3 Å². The lowest BCUT2D eigenvalue weighted by Gasteiger charge is -2.26. The molecule has 1 atom stereocenters. The molecule has 2 aromatic carbocycles. The van der Waals surface area contributed by atoms with Crippen molar-refractivity contribution in [3.8, 4) is 11.3 Å². The molecule has 4 rings (SSSR count). The summed E-state index contributed by atoms with van der Waals surface area (Å²) in [6, 6.07) is 15.4. The van der Waals surface area contributed by atoms with E-state index in [1.165, 1.54) is 0 Å². The molecule has 3 aromatic rings. The van der Waals surface area contributed by atoms with E-state index in [2.05, 4.69) is 26.1 Å². The monoisotopic (exact) mass is 459 g/mol. The number of carbonyl (C=O) groups excluding carboxylic acids is 1. The minimum atomic E-state index is -0.214. The Kier molecular flexibility index (Phi) is 5.53. The summed E-state index contributed by atoms with van der Waals surface area (Å²) in [6.07, 6.45) is 0.762. The number of halogens is 2. The van der Waals surface area contributed by atoms with Crippen molar-refractivity contribution in [2.45, 2.75) is 12.5 Å². The minimum Gasteiger partial charge on any atom is -0.385 e. The molecule has 0 radical (unpaired) electrons. The van der Waals surface area contributed by atoms with E-state index < -0.39 is 0 Å². The molecule has 0 fully saturated rings. The van der Waals surface area contributed by atoms with E-state index in [0.717, 1.165) is 33.3 Å². The Balaban J connectivity index is 1.80. The van der Waals surface area contributed by atoms with Gasteiger partial charge in [0.1, 0.15) is 5.69 Å². The van der Waals surface area contributed by atoms with Crippen LogP contribution in [-0.2, 0) is 4.74 Å². The molecule has 2 heterocycles. The second-order valence-corrected chi connectivity index (χ2v) is 8.02. The summed E-state index contributed by atoms with van der Waals surface area (Å²) in [4.78, 5) is 15.0. The average Bonchev–Trinajstić information content (AvgIpc) is 3.23. The van der Waals surface area contributed by atoms with Gasteiger partial charge in [-0.25, -0.2) is 0 Å². The Morgan fingerprint density at radius 3 is 2.57 bits per heavy atom. The SMILES string of the molecule is COCCCN1C(=O)c2[nH]nc(-c3ccc(Br)cc3)c2C1c1ccc(Cl)cc1. The number of nitrogens with zero attached hydrogens (tertiary/aromatic N) is 2. The first-order valence-corrected chi connectivity index (χ1v) is 10.2. The van der Waals surface area contributed by atoms with Gasteiger partial charge >= 0.3 is 0 Å². The van der Waals surface area contributed by atoms with Crippen LogP contribution in [0.5, 0.6) is 0 Å². The van der Waals surface area contributed by atoms with Gasteiger partial charge in [-0.05, 0) is 36.2 Å². The fourth-order valence-corrected chi connectivity index (χ4v) is 4.02. The lowest BCUT2D eigenvalue weighted by Crippen LogP contribution is -2.31. The molecule has 0 saturated carbocycles. The number of rotatable bonds is 6. The zero-order valence-electron chi connectivity index (χ0n) is 15.3. The Hall–Kier alpha value is -2.15. The number of aromatic amines is 1. The van der Waals surface area contributed by atoms with Gasteiger partial charge in [0.2, 0.25) is 0 Å². The van der Waals surface area contributed by atoms with Crippen molar-refractivity contribution in [3.05, 3.63) is 74.8 Å². The highest BCUT2D eigenvalue weighted by Crippen LogP contribution is 2.43. The van der Waals surface area contributed by atoms with E-state index in [0.29, 0.717) is 23.9 Å². The van der Waals surface area contributed by atoms with Crippen LogP contribution in [0.15, 0.2) is 53.0 Å². The Labute approximate surface area is 176 Å². The molecule has 0 bridgehead atoms.